The van der Waals surface area contributed by atoms with Crippen LogP contribution in [0, 0.1) is 0 Å². The van der Waals surface area contributed by atoms with Crippen molar-refractivity contribution in [3.63, 3.8) is 0 Å². The number of para-hydroxylation sites is 2. The van der Waals surface area contributed by atoms with Gasteiger partial charge >= 0.3 is 0 Å². The number of ketones is 1. The molecule has 3 N–H and O–H groups in total. The van der Waals surface area contributed by atoms with E-state index in [1.165, 1.54) is 6.07 Å². The Hall–Kier alpha value is -4.92. The van der Waals surface area contributed by atoms with Crippen LogP contribution in [0.15, 0.2) is 83.2 Å². The number of nitrogens with one attached hydrogen (secondary N) is 2. The third-order valence-electron chi connectivity index (χ3n) is 7.92. The van der Waals surface area contributed by atoms with E-state index in [1.807, 2.05) is 44.2 Å². The summed E-state index contributed by atoms with van der Waals surface area (Å²) in [6, 6.07) is 17.8. The second kappa shape index (κ2) is 12.5. The van der Waals surface area contributed by atoms with Crippen molar-refractivity contribution in [2.45, 2.75) is 38.5 Å². The molecule has 0 saturated heterocycles. The quantitative estimate of drug-likeness (QED) is 0.288. The van der Waals surface area contributed by atoms with E-state index in [1.54, 1.807) is 45.6 Å². The van der Waals surface area contributed by atoms with Gasteiger partial charge in [0.05, 0.1) is 33.6 Å². The summed E-state index contributed by atoms with van der Waals surface area (Å²) in [7, 11) is 4.71. The highest BCUT2D eigenvalue weighted by molar-refractivity contribution is 6.10. The zero-order valence-electron chi connectivity index (χ0n) is 24.9. The number of hydrogen-bond acceptors (Lipinski definition) is 8. The molecule has 9 nitrogen and oxygen atoms in total. The molecule has 0 saturated carbocycles. The zero-order valence-corrected chi connectivity index (χ0v) is 24.9. The number of benzene rings is 3. The number of rotatable bonds is 9. The molecule has 0 unspecified atom stereocenters. The van der Waals surface area contributed by atoms with Crippen molar-refractivity contribution in [2.24, 2.45) is 0 Å². The van der Waals surface area contributed by atoms with E-state index in [-0.39, 0.29) is 35.5 Å². The van der Waals surface area contributed by atoms with Crippen LogP contribution < -0.4 is 29.6 Å². The monoisotopic (exact) mass is 584 g/mol. The second-order valence-electron chi connectivity index (χ2n) is 10.4. The van der Waals surface area contributed by atoms with Crippen LogP contribution in [0.3, 0.4) is 0 Å². The van der Waals surface area contributed by atoms with Crippen molar-refractivity contribution < 1.29 is 33.6 Å². The van der Waals surface area contributed by atoms with Gasteiger partial charge in [0, 0.05) is 34.9 Å². The van der Waals surface area contributed by atoms with Crippen LogP contribution in [0.5, 0.6) is 28.7 Å². The molecule has 9 heteroatoms. The Kier molecular flexibility index (Phi) is 8.61. The molecule has 43 heavy (non-hydrogen) atoms. The van der Waals surface area contributed by atoms with Gasteiger partial charge in [-0.1, -0.05) is 24.3 Å². The Morgan fingerprint density at radius 2 is 1.60 bits per heavy atom. The molecule has 1 aliphatic carbocycles. The number of anilines is 1. The smallest absolute Gasteiger partial charge is 0.254 e. The first-order chi connectivity index (χ1) is 20.8. The third-order valence-corrected chi connectivity index (χ3v) is 7.92. The molecular weight excluding hydrogens is 548 g/mol. The highest BCUT2D eigenvalue weighted by atomic mass is 16.5. The van der Waals surface area contributed by atoms with Gasteiger partial charge in [0.25, 0.3) is 5.91 Å². The number of phenolic OH excluding ortho intramolecular Hbond substituents is 1. The predicted octanol–water partition coefficient (Wildman–Crippen LogP) is 5.82. The van der Waals surface area contributed by atoms with Crippen molar-refractivity contribution in [1.82, 2.24) is 5.32 Å². The molecular formula is C34H36N2O7. The Morgan fingerprint density at radius 1 is 0.907 bits per heavy atom. The van der Waals surface area contributed by atoms with Crippen LogP contribution in [0.4, 0.5) is 5.69 Å². The van der Waals surface area contributed by atoms with E-state index < -0.39 is 5.92 Å². The van der Waals surface area contributed by atoms with Crippen LogP contribution in [0.2, 0.25) is 0 Å². The van der Waals surface area contributed by atoms with Gasteiger partial charge in [-0.05, 0) is 73.7 Å². The maximum atomic E-state index is 14.1. The lowest BCUT2D eigenvalue weighted by molar-refractivity contribution is -0.116. The highest BCUT2D eigenvalue weighted by Crippen LogP contribution is 2.47. The van der Waals surface area contributed by atoms with E-state index in [2.05, 4.69) is 10.6 Å². The fourth-order valence-electron chi connectivity index (χ4n) is 5.93. The van der Waals surface area contributed by atoms with Gasteiger partial charge in [-0.25, -0.2) is 0 Å². The molecule has 3 aromatic rings. The molecule has 2 atom stereocenters. The number of Topliss-reactive ketones (excluding diaryl/α,β-unsaturated/α-hetero) is 1. The molecule has 5 rings (SSSR count). The van der Waals surface area contributed by atoms with Gasteiger partial charge in [-0.15, -0.1) is 0 Å². The van der Waals surface area contributed by atoms with Crippen molar-refractivity contribution >= 4 is 17.4 Å². The molecule has 224 valence electrons. The topological polar surface area (TPSA) is 115 Å². The van der Waals surface area contributed by atoms with Gasteiger partial charge < -0.3 is 34.7 Å². The van der Waals surface area contributed by atoms with Gasteiger partial charge in [0.1, 0.15) is 5.75 Å². The van der Waals surface area contributed by atoms with E-state index in [9.17, 15) is 14.7 Å². The maximum Gasteiger partial charge on any atom is 0.254 e. The molecule has 0 aromatic heterocycles. The molecule has 0 radical (unpaired) electrons. The van der Waals surface area contributed by atoms with Crippen LogP contribution in [-0.2, 0) is 9.59 Å². The van der Waals surface area contributed by atoms with Crippen LogP contribution in [0.25, 0.3) is 0 Å². The minimum absolute atomic E-state index is 0.0158. The number of methoxy groups -OCH3 is 3. The van der Waals surface area contributed by atoms with Crippen molar-refractivity contribution in [3.05, 3.63) is 94.3 Å². The average molecular weight is 585 g/mol. The highest BCUT2D eigenvalue weighted by Gasteiger charge is 2.41. The van der Waals surface area contributed by atoms with E-state index in [0.717, 1.165) is 11.3 Å². The number of ether oxygens (including phenoxy) is 4. The third kappa shape index (κ3) is 5.75. The minimum Gasteiger partial charge on any atom is -0.504 e. The first-order valence-electron chi connectivity index (χ1n) is 14.2. The Bertz CT molecular complexity index is 1620. The molecule has 1 aliphatic heterocycles. The van der Waals surface area contributed by atoms with E-state index in [0.29, 0.717) is 58.4 Å². The number of aromatic hydroxyl groups is 1. The number of amides is 1. The number of carbonyl (C=O) groups excluding carboxylic acids is 2. The summed E-state index contributed by atoms with van der Waals surface area (Å²) in [5, 5.41) is 16.8. The number of carbonyl (C=O) groups is 2. The summed E-state index contributed by atoms with van der Waals surface area (Å²) < 4.78 is 22.0. The number of hydrogen-bond donors (Lipinski definition) is 3. The summed E-state index contributed by atoms with van der Waals surface area (Å²) in [5.74, 6) is 0.772. The summed E-state index contributed by atoms with van der Waals surface area (Å²) in [5.41, 5.74) is 4.45. The fraction of sp³-hybridized carbons (Fsp3) is 0.294. The Labute approximate surface area is 251 Å². The molecule has 0 bridgehead atoms. The first kappa shape index (κ1) is 29.6. The summed E-state index contributed by atoms with van der Waals surface area (Å²) >= 11 is 0. The van der Waals surface area contributed by atoms with E-state index in [4.69, 9.17) is 18.9 Å². The van der Waals surface area contributed by atoms with Crippen LogP contribution >= 0.6 is 0 Å². The number of allylic oxidation sites excluding steroid dienone is 3. The lowest BCUT2D eigenvalue weighted by Crippen LogP contribution is -2.37. The fourth-order valence-corrected chi connectivity index (χ4v) is 5.93. The largest absolute Gasteiger partial charge is 0.504 e. The van der Waals surface area contributed by atoms with Gasteiger partial charge in [0.15, 0.2) is 28.8 Å². The van der Waals surface area contributed by atoms with E-state index >= 15 is 0 Å². The van der Waals surface area contributed by atoms with Gasteiger partial charge in [-0.2, -0.15) is 0 Å². The van der Waals surface area contributed by atoms with Crippen molar-refractivity contribution in [2.75, 3.05) is 33.3 Å². The lowest BCUT2D eigenvalue weighted by atomic mass is 9.71. The molecule has 2 aliphatic rings. The molecule has 1 heterocycles. The summed E-state index contributed by atoms with van der Waals surface area (Å²) in [6.07, 6.45) is 0.811. The van der Waals surface area contributed by atoms with Gasteiger partial charge in [-0.3, -0.25) is 9.59 Å². The zero-order chi connectivity index (χ0) is 30.7. The number of phenols is 1. The average Bonchev–Trinajstić information content (AvgIpc) is 3.01. The molecule has 1 amide bonds. The van der Waals surface area contributed by atoms with Crippen molar-refractivity contribution in [1.29, 1.82) is 0 Å². The summed E-state index contributed by atoms with van der Waals surface area (Å²) in [6.45, 7) is 4.01. The van der Waals surface area contributed by atoms with Crippen LogP contribution in [-0.4, -0.2) is 44.7 Å². The number of dihydropyridines is 1. The second-order valence-corrected chi connectivity index (χ2v) is 10.4. The SMILES string of the molecule is CCOc1cc([C@@H]2C(C(=O)Nc3ccccc3OC)=C(C)NC3=C2C(=O)C[C@@H](c2ccc(OC)c(OC)c2)C3)ccc1O. The normalized spacial score (nSPS) is 18.0. The van der Waals surface area contributed by atoms with Crippen molar-refractivity contribution in [3.8, 4) is 28.7 Å². The van der Waals surface area contributed by atoms with Gasteiger partial charge in [0.2, 0.25) is 0 Å². The Morgan fingerprint density at radius 3 is 2.33 bits per heavy atom. The molecule has 0 fully saturated rings. The van der Waals surface area contributed by atoms with Crippen LogP contribution in [0.1, 0.15) is 49.7 Å². The summed E-state index contributed by atoms with van der Waals surface area (Å²) in [4.78, 5) is 28.1. The standard InChI is InChI=1S/C34H36N2O7/c1-6-43-29-18-21(11-13-25(29)37)32-31(34(39)36-23-9-7-8-10-27(23)40-3)19(2)35-24-15-22(16-26(38)33(24)32)20-12-14-28(41-4)30(17-20)42-5/h7-14,17-18,22,32,35,37H,6,15-16H2,1-5H3,(H,36,39)/t22-,32+/m0/s1. The first-order valence-corrected chi connectivity index (χ1v) is 14.2. The molecule has 0 spiro atoms. The molecule has 3 aromatic carbocycles. The minimum atomic E-state index is -0.690. The lowest BCUT2D eigenvalue weighted by Gasteiger charge is -2.37. The Balaban J connectivity index is 1.58. The maximum absolute atomic E-state index is 14.1. The predicted molar refractivity (Wildman–Crippen MR) is 163 cm³/mol.